The predicted molar refractivity (Wildman–Crippen MR) is 130 cm³/mol. The molecule has 6 nitrogen and oxygen atoms in total. The zero-order chi connectivity index (χ0) is 27.0. The van der Waals surface area contributed by atoms with Crippen LogP contribution >= 0.6 is 11.8 Å². The number of ketones is 1. The Morgan fingerprint density at radius 2 is 2.00 bits per heavy atom. The molecule has 0 amide bonds. The summed E-state index contributed by atoms with van der Waals surface area (Å²) in [5, 5.41) is 10.8. The number of esters is 1. The maximum atomic E-state index is 17.4. The molecule has 1 heterocycles. The van der Waals surface area contributed by atoms with Gasteiger partial charge >= 0.3 is 5.97 Å². The van der Waals surface area contributed by atoms with Crippen LogP contribution in [0.2, 0.25) is 0 Å². The molecule has 10 heteroatoms. The first kappa shape index (κ1) is 26.9. The number of aliphatic hydroxyl groups is 1. The highest BCUT2D eigenvalue weighted by molar-refractivity contribution is 8.13. The number of allylic oxidation sites excluding steroid dienone is 4. The van der Waals surface area contributed by atoms with Gasteiger partial charge in [-0.3, -0.25) is 9.59 Å². The lowest BCUT2D eigenvalue weighted by Gasteiger charge is -2.63. The lowest BCUT2D eigenvalue weighted by Crippen LogP contribution is -2.70. The van der Waals surface area contributed by atoms with E-state index >= 15 is 8.78 Å². The van der Waals surface area contributed by atoms with Crippen molar-refractivity contribution in [1.82, 2.24) is 0 Å². The number of hydrogen-bond donors (Lipinski definition) is 1. The number of alkyl halides is 3. The van der Waals surface area contributed by atoms with E-state index in [2.05, 4.69) is 0 Å². The summed E-state index contributed by atoms with van der Waals surface area (Å²) in [4.78, 5) is 38.8. The van der Waals surface area contributed by atoms with E-state index < -0.39 is 81.1 Å². The monoisotopic (exact) mass is 542 g/mol. The van der Waals surface area contributed by atoms with Gasteiger partial charge in [0.1, 0.15) is 12.2 Å². The molecule has 3 saturated carbocycles. The van der Waals surface area contributed by atoms with Gasteiger partial charge in [0.05, 0.1) is 6.10 Å². The van der Waals surface area contributed by atoms with Crippen LogP contribution in [0.4, 0.5) is 13.2 Å². The smallest absolute Gasteiger partial charge is 0.336 e. The van der Waals surface area contributed by atoms with Crippen LogP contribution in [-0.2, 0) is 23.9 Å². The van der Waals surface area contributed by atoms with Crippen molar-refractivity contribution in [3.05, 3.63) is 23.8 Å². The standard InChI is InChI=1S/C27H33F3O6S/c1-14-9-16-17-11-19(29)18-10-15(31)6-7-24(18,2)26(17,30)21(32)12-25(16,3)27(14,23(34)37-13-28)36-22(33)20-5-4-8-35-20/h6-7,10,14,16-17,19-21,32H,4-5,8-9,11-13H2,1-3H3/t14-,16+,17+,19+,20+,21+,24+,25+,26+,27+/m1/s1. The summed E-state index contributed by atoms with van der Waals surface area (Å²) in [6, 6.07) is -1.04. The Hall–Kier alpha value is -1.65. The number of halogens is 3. The van der Waals surface area contributed by atoms with Crippen LogP contribution in [-0.4, -0.2) is 64.2 Å². The highest BCUT2D eigenvalue weighted by atomic mass is 32.2. The highest BCUT2D eigenvalue weighted by Gasteiger charge is 2.78. The number of rotatable bonds is 4. The van der Waals surface area contributed by atoms with Gasteiger partial charge in [-0.25, -0.2) is 18.0 Å². The molecule has 37 heavy (non-hydrogen) atoms. The fourth-order valence-electron chi connectivity index (χ4n) is 8.36. The van der Waals surface area contributed by atoms with Gasteiger partial charge in [-0.2, -0.15) is 0 Å². The summed E-state index contributed by atoms with van der Waals surface area (Å²) in [7, 11) is 0. The van der Waals surface area contributed by atoms with Crippen LogP contribution in [0.15, 0.2) is 23.8 Å². The zero-order valence-electron chi connectivity index (χ0n) is 21.2. The average Bonchev–Trinajstić information content (AvgIpc) is 3.45. The van der Waals surface area contributed by atoms with Crippen molar-refractivity contribution in [3.8, 4) is 0 Å². The van der Waals surface area contributed by atoms with E-state index in [1.54, 1.807) is 13.8 Å². The normalized spacial score (nSPS) is 48.6. The molecule has 0 aromatic rings. The number of hydrogen-bond acceptors (Lipinski definition) is 7. The Morgan fingerprint density at radius 1 is 1.27 bits per heavy atom. The van der Waals surface area contributed by atoms with Crippen molar-refractivity contribution in [2.24, 2.45) is 28.6 Å². The largest absolute Gasteiger partial charge is 0.447 e. The van der Waals surface area contributed by atoms with Crippen molar-refractivity contribution < 1.29 is 42.1 Å². The summed E-state index contributed by atoms with van der Waals surface area (Å²) in [5.74, 6) is -3.50. The summed E-state index contributed by atoms with van der Waals surface area (Å²) in [5.41, 5.74) is -7.02. The molecule has 0 radical (unpaired) electrons. The van der Waals surface area contributed by atoms with Gasteiger partial charge in [0.2, 0.25) is 5.12 Å². The topological polar surface area (TPSA) is 89.9 Å². The molecule has 0 unspecified atom stereocenters. The molecular weight excluding hydrogens is 509 g/mol. The Bertz CT molecular complexity index is 1070. The van der Waals surface area contributed by atoms with Crippen molar-refractivity contribution in [2.75, 3.05) is 12.6 Å². The second-order valence-electron chi connectivity index (χ2n) is 11.7. The molecule has 4 fully saturated rings. The van der Waals surface area contributed by atoms with Gasteiger partial charge in [0.25, 0.3) is 0 Å². The van der Waals surface area contributed by atoms with Crippen molar-refractivity contribution in [1.29, 1.82) is 0 Å². The van der Waals surface area contributed by atoms with Gasteiger partial charge in [0, 0.05) is 29.3 Å². The van der Waals surface area contributed by atoms with Crippen LogP contribution in [0.25, 0.3) is 0 Å². The van der Waals surface area contributed by atoms with E-state index in [-0.39, 0.29) is 24.8 Å². The Kier molecular flexibility index (Phi) is 6.51. The molecule has 0 bridgehead atoms. The third-order valence-corrected chi connectivity index (χ3v) is 10.8. The summed E-state index contributed by atoms with van der Waals surface area (Å²) < 4.78 is 58.0. The molecular formula is C27H33F3O6S. The number of aliphatic hydroxyl groups excluding tert-OH is 1. The lowest BCUT2D eigenvalue weighted by molar-refractivity contribution is -0.231. The molecule has 0 aromatic heterocycles. The van der Waals surface area contributed by atoms with Crippen LogP contribution in [0.1, 0.15) is 52.9 Å². The second kappa shape index (κ2) is 8.95. The number of carbonyl (C=O) groups is 3. The minimum Gasteiger partial charge on any atom is -0.447 e. The number of fused-ring (bicyclic) bond motifs is 5. The fourth-order valence-corrected chi connectivity index (χ4v) is 9.15. The van der Waals surface area contributed by atoms with E-state index in [0.29, 0.717) is 31.2 Å². The van der Waals surface area contributed by atoms with Crippen LogP contribution in [0, 0.1) is 28.6 Å². The van der Waals surface area contributed by atoms with Crippen molar-refractivity contribution >= 4 is 28.6 Å². The lowest BCUT2D eigenvalue weighted by atomic mass is 9.44. The van der Waals surface area contributed by atoms with E-state index in [1.807, 2.05) is 0 Å². The zero-order valence-corrected chi connectivity index (χ0v) is 22.0. The maximum Gasteiger partial charge on any atom is 0.336 e. The minimum absolute atomic E-state index is 0.00702. The first-order chi connectivity index (χ1) is 17.4. The molecule has 5 aliphatic rings. The van der Waals surface area contributed by atoms with E-state index in [1.165, 1.54) is 19.1 Å². The minimum atomic E-state index is -2.33. The van der Waals surface area contributed by atoms with Gasteiger partial charge in [0.15, 0.2) is 23.2 Å². The average molecular weight is 543 g/mol. The quantitative estimate of drug-likeness (QED) is 0.533. The molecule has 0 spiro atoms. The molecule has 4 aliphatic carbocycles. The maximum absolute atomic E-state index is 17.4. The first-order valence-electron chi connectivity index (χ1n) is 12.9. The first-order valence-corrected chi connectivity index (χ1v) is 13.9. The Labute approximate surface area is 218 Å². The predicted octanol–water partition coefficient (Wildman–Crippen LogP) is 4.20. The van der Waals surface area contributed by atoms with Gasteiger partial charge in [-0.05, 0) is 74.4 Å². The van der Waals surface area contributed by atoms with Crippen LogP contribution in [0.5, 0.6) is 0 Å². The molecule has 1 aliphatic heterocycles. The van der Waals surface area contributed by atoms with Crippen molar-refractivity contribution in [3.63, 3.8) is 0 Å². The second-order valence-corrected chi connectivity index (χ2v) is 12.6. The molecule has 1 N–H and O–H groups in total. The number of ether oxygens (including phenoxy) is 2. The third-order valence-electron chi connectivity index (χ3n) is 10.1. The SMILES string of the molecule is C[C@@H]1C[C@H]2[C@@H]3C[C@H](F)C4=CC(=O)C=C[C@]4(C)[C@@]3(F)[C@@H](O)C[C@]2(C)[C@@]1(OC(=O)[C@@H]1CCCO1)C(=O)SCF. The molecule has 204 valence electrons. The Morgan fingerprint density at radius 3 is 2.65 bits per heavy atom. The summed E-state index contributed by atoms with van der Waals surface area (Å²) >= 11 is 0.387. The van der Waals surface area contributed by atoms with Gasteiger partial charge < -0.3 is 14.6 Å². The van der Waals surface area contributed by atoms with E-state index in [4.69, 9.17) is 9.47 Å². The van der Waals surface area contributed by atoms with Gasteiger partial charge in [-0.15, -0.1) is 0 Å². The summed E-state index contributed by atoms with van der Waals surface area (Å²) in [6.45, 7) is 5.25. The van der Waals surface area contributed by atoms with Crippen molar-refractivity contribution in [2.45, 2.75) is 82.5 Å². The van der Waals surface area contributed by atoms with Crippen LogP contribution in [0.3, 0.4) is 0 Å². The summed E-state index contributed by atoms with van der Waals surface area (Å²) in [6.07, 6.45) is 0.288. The highest BCUT2D eigenvalue weighted by Crippen LogP contribution is 2.72. The Balaban J connectivity index is 1.61. The molecule has 10 atom stereocenters. The van der Waals surface area contributed by atoms with E-state index in [0.717, 1.165) is 6.08 Å². The van der Waals surface area contributed by atoms with Crippen LogP contribution < -0.4 is 0 Å². The molecule has 1 saturated heterocycles. The molecule has 5 rings (SSSR count). The molecule has 0 aromatic carbocycles. The third kappa shape index (κ3) is 3.43. The van der Waals surface area contributed by atoms with Gasteiger partial charge in [-0.1, -0.05) is 19.9 Å². The number of carbonyl (C=O) groups excluding carboxylic acids is 3. The number of thioether (sulfide) groups is 1. The van der Waals surface area contributed by atoms with E-state index in [9.17, 15) is 23.9 Å². The fraction of sp³-hybridized carbons (Fsp3) is 0.741.